The van der Waals surface area contributed by atoms with E-state index in [0.29, 0.717) is 6.54 Å². The molecule has 0 N–H and O–H groups in total. The third-order valence-corrected chi connectivity index (χ3v) is 4.20. The molecule has 6 nitrogen and oxygen atoms in total. The number of aryl methyl sites for hydroxylation is 1. The molecule has 1 aliphatic rings. The van der Waals surface area contributed by atoms with Crippen molar-refractivity contribution >= 4 is 0 Å². The van der Waals surface area contributed by atoms with Gasteiger partial charge < -0.3 is 4.74 Å². The minimum atomic E-state index is -0.482. The Morgan fingerprint density at radius 2 is 2.26 bits per heavy atom. The Bertz CT molecular complexity index is 738. The second-order valence-electron chi connectivity index (χ2n) is 5.82. The molecule has 2 heterocycles. The predicted molar refractivity (Wildman–Crippen MR) is 80.9 cm³/mol. The summed E-state index contributed by atoms with van der Waals surface area (Å²) in [7, 11) is 3.54. The van der Waals surface area contributed by atoms with Crippen LogP contribution in [-0.4, -0.2) is 46.2 Å². The first-order valence-corrected chi connectivity index (χ1v) is 7.40. The highest BCUT2D eigenvalue weighted by Crippen LogP contribution is 2.29. The summed E-state index contributed by atoms with van der Waals surface area (Å²) >= 11 is 0. The number of halogens is 1. The Labute approximate surface area is 134 Å². The van der Waals surface area contributed by atoms with Gasteiger partial charge in [-0.05, 0) is 17.7 Å². The number of aromatic nitrogens is 3. The van der Waals surface area contributed by atoms with Gasteiger partial charge in [-0.15, -0.1) is 5.10 Å². The van der Waals surface area contributed by atoms with E-state index in [1.165, 1.54) is 6.07 Å². The highest BCUT2D eigenvalue weighted by atomic mass is 19.1. The number of rotatable bonds is 4. The van der Waals surface area contributed by atoms with Crippen molar-refractivity contribution in [2.24, 2.45) is 7.05 Å². The summed E-state index contributed by atoms with van der Waals surface area (Å²) in [4.78, 5) is 2.22. The van der Waals surface area contributed by atoms with E-state index in [4.69, 9.17) is 10.00 Å². The van der Waals surface area contributed by atoms with Crippen LogP contribution in [0, 0.1) is 17.1 Å². The fourth-order valence-electron chi connectivity index (χ4n) is 3.05. The van der Waals surface area contributed by atoms with Crippen LogP contribution < -0.4 is 0 Å². The first kappa shape index (κ1) is 15.6. The van der Waals surface area contributed by atoms with Gasteiger partial charge in [0.05, 0.1) is 17.4 Å². The predicted octanol–water partition coefficient (Wildman–Crippen LogP) is 1.44. The monoisotopic (exact) mass is 315 g/mol. The van der Waals surface area contributed by atoms with E-state index >= 15 is 0 Å². The zero-order valence-corrected chi connectivity index (χ0v) is 13.1. The minimum absolute atomic E-state index is 0.0441. The van der Waals surface area contributed by atoms with E-state index in [1.807, 2.05) is 19.3 Å². The van der Waals surface area contributed by atoms with Gasteiger partial charge in [-0.1, -0.05) is 11.3 Å². The number of hydrogen-bond acceptors (Lipinski definition) is 5. The second-order valence-corrected chi connectivity index (χ2v) is 5.82. The van der Waals surface area contributed by atoms with Crippen molar-refractivity contribution in [3.63, 3.8) is 0 Å². The summed E-state index contributed by atoms with van der Waals surface area (Å²) in [6, 6.07) is 6.54. The van der Waals surface area contributed by atoms with Gasteiger partial charge in [0.25, 0.3) is 0 Å². The minimum Gasteiger partial charge on any atom is -0.379 e. The van der Waals surface area contributed by atoms with Crippen molar-refractivity contribution in [3.8, 4) is 6.07 Å². The maximum Gasteiger partial charge on any atom is 0.140 e. The molecule has 1 fully saturated rings. The third kappa shape index (κ3) is 3.23. The van der Waals surface area contributed by atoms with Crippen LogP contribution in [0.4, 0.5) is 4.39 Å². The summed E-state index contributed by atoms with van der Waals surface area (Å²) in [5, 5.41) is 17.1. The SMILES string of the molecule is CO[C@@H]1CN(Cc2ccc(F)c(C#N)c2)C[C@H]1c1cn(C)nn1. The van der Waals surface area contributed by atoms with Crippen molar-refractivity contribution in [2.45, 2.75) is 18.6 Å². The van der Waals surface area contributed by atoms with Crippen molar-refractivity contribution in [1.29, 1.82) is 5.26 Å². The lowest BCUT2D eigenvalue weighted by molar-refractivity contribution is 0.0957. The number of likely N-dealkylation sites (tertiary alicyclic amines) is 1. The molecule has 2 aromatic rings. The maximum atomic E-state index is 13.4. The molecule has 23 heavy (non-hydrogen) atoms. The largest absolute Gasteiger partial charge is 0.379 e. The zero-order chi connectivity index (χ0) is 16.4. The van der Waals surface area contributed by atoms with Gasteiger partial charge in [-0.3, -0.25) is 9.58 Å². The Morgan fingerprint density at radius 3 is 2.91 bits per heavy atom. The van der Waals surface area contributed by atoms with Crippen molar-refractivity contribution in [2.75, 3.05) is 20.2 Å². The van der Waals surface area contributed by atoms with Crippen LogP contribution in [0.25, 0.3) is 0 Å². The molecule has 0 aliphatic carbocycles. The quantitative estimate of drug-likeness (QED) is 0.854. The molecule has 0 amide bonds. The van der Waals surface area contributed by atoms with Gasteiger partial charge >= 0.3 is 0 Å². The molecule has 2 atom stereocenters. The topological polar surface area (TPSA) is 67.0 Å². The van der Waals surface area contributed by atoms with E-state index in [0.717, 1.165) is 24.3 Å². The smallest absolute Gasteiger partial charge is 0.140 e. The lowest BCUT2D eigenvalue weighted by Gasteiger charge is -2.15. The molecular weight excluding hydrogens is 297 g/mol. The standard InChI is InChI=1S/C16H18FN5O/c1-21-9-15(19-20-21)13-8-22(10-16(13)23-2)7-11-3-4-14(17)12(5-11)6-18/h3-5,9,13,16H,7-8,10H2,1-2H3/t13-,16+/m0/s1. The van der Waals surface area contributed by atoms with Crippen molar-refractivity contribution in [3.05, 3.63) is 47.0 Å². The van der Waals surface area contributed by atoms with E-state index in [2.05, 4.69) is 15.2 Å². The van der Waals surface area contributed by atoms with E-state index in [9.17, 15) is 4.39 Å². The van der Waals surface area contributed by atoms with E-state index in [-0.39, 0.29) is 17.6 Å². The average molecular weight is 315 g/mol. The normalized spacial score (nSPS) is 21.5. The first-order chi connectivity index (χ1) is 11.1. The van der Waals surface area contributed by atoms with Gasteiger partial charge in [0, 0.05) is 45.9 Å². The Morgan fingerprint density at radius 1 is 1.43 bits per heavy atom. The molecule has 7 heteroatoms. The van der Waals surface area contributed by atoms with Crippen LogP contribution >= 0.6 is 0 Å². The number of nitriles is 1. The van der Waals surface area contributed by atoms with Crippen LogP contribution in [0.3, 0.4) is 0 Å². The molecule has 1 saturated heterocycles. The van der Waals surface area contributed by atoms with Crippen molar-refractivity contribution in [1.82, 2.24) is 19.9 Å². The third-order valence-electron chi connectivity index (χ3n) is 4.20. The fourth-order valence-corrected chi connectivity index (χ4v) is 3.05. The fraction of sp³-hybridized carbons (Fsp3) is 0.438. The summed E-state index contributed by atoms with van der Waals surface area (Å²) in [5.41, 5.74) is 1.91. The van der Waals surface area contributed by atoms with Gasteiger partial charge in [0.15, 0.2) is 0 Å². The highest BCUT2D eigenvalue weighted by molar-refractivity contribution is 5.34. The van der Waals surface area contributed by atoms with Crippen LogP contribution in [-0.2, 0) is 18.3 Å². The lowest BCUT2D eigenvalue weighted by Crippen LogP contribution is -2.22. The summed E-state index contributed by atoms with van der Waals surface area (Å²) in [6.07, 6.45) is 1.95. The molecule has 1 aromatic carbocycles. The van der Waals surface area contributed by atoms with Gasteiger partial charge in [-0.2, -0.15) is 5.26 Å². The van der Waals surface area contributed by atoms with Gasteiger partial charge in [0.1, 0.15) is 11.9 Å². The molecule has 0 saturated carbocycles. The molecular formula is C16H18FN5O. The molecule has 0 radical (unpaired) electrons. The number of benzene rings is 1. The summed E-state index contributed by atoms with van der Waals surface area (Å²) < 4.78 is 20.7. The molecule has 0 unspecified atom stereocenters. The highest BCUT2D eigenvalue weighted by Gasteiger charge is 2.35. The maximum absolute atomic E-state index is 13.4. The van der Waals surface area contributed by atoms with E-state index in [1.54, 1.807) is 23.9 Å². The molecule has 3 rings (SSSR count). The van der Waals surface area contributed by atoms with Crippen LogP contribution in [0.2, 0.25) is 0 Å². The average Bonchev–Trinajstić information content (AvgIpc) is 3.15. The molecule has 1 aromatic heterocycles. The Balaban J connectivity index is 1.74. The number of ether oxygens (including phenoxy) is 1. The number of hydrogen-bond donors (Lipinski definition) is 0. The Kier molecular flexibility index (Phi) is 4.37. The molecule has 0 spiro atoms. The summed E-state index contributed by atoms with van der Waals surface area (Å²) in [6.45, 7) is 2.19. The zero-order valence-electron chi connectivity index (χ0n) is 13.1. The van der Waals surface area contributed by atoms with Gasteiger partial charge in [-0.25, -0.2) is 4.39 Å². The molecule has 1 aliphatic heterocycles. The molecule has 120 valence electrons. The summed E-state index contributed by atoms with van der Waals surface area (Å²) in [5.74, 6) is -0.325. The van der Waals surface area contributed by atoms with Gasteiger partial charge in [0.2, 0.25) is 0 Å². The number of methoxy groups -OCH3 is 1. The van der Waals surface area contributed by atoms with Crippen LogP contribution in [0.5, 0.6) is 0 Å². The lowest BCUT2D eigenvalue weighted by atomic mass is 10.0. The molecule has 0 bridgehead atoms. The van der Waals surface area contributed by atoms with Crippen LogP contribution in [0.1, 0.15) is 22.7 Å². The second kappa shape index (κ2) is 6.44. The number of nitrogens with zero attached hydrogens (tertiary/aromatic N) is 5. The first-order valence-electron chi connectivity index (χ1n) is 7.40. The Hall–Kier alpha value is -2.30. The van der Waals surface area contributed by atoms with Crippen LogP contribution in [0.15, 0.2) is 24.4 Å². The van der Waals surface area contributed by atoms with Crippen molar-refractivity contribution < 1.29 is 9.13 Å². The van der Waals surface area contributed by atoms with E-state index < -0.39 is 5.82 Å².